The Kier molecular flexibility index (Phi) is 4.66. The van der Waals surface area contributed by atoms with E-state index in [1.54, 1.807) is 23.9 Å². The quantitative estimate of drug-likeness (QED) is 0.775. The third-order valence-corrected chi connectivity index (χ3v) is 5.09. The molecule has 4 nitrogen and oxygen atoms in total. The molecule has 0 spiro atoms. The van der Waals surface area contributed by atoms with Crippen molar-refractivity contribution >= 4 is 21.8 Å². The van der Waals surface area contributed by atoms with Crippen molar-refractivity contribution < 1.29 is 8.42 Å². The average Bonchev–Trinajstić information content (AvgIpc) is 2.82. The van der Waals surface area contributed by atoms with Crippen molar-refractivity contribution in [1.29, 1.82) is 0 Å². The van der Waals surface area contributed by atoms with Gasteiger partial charge in [-0.3, -0.25) is 0 Å². The van der Waals surface area contributed by atoms with E-state index in [0.29, 0.717) is 11.4 Å². The molecule has 0 amide bonds. The highest BCUT2D eigenvalue weighted by Crippen LogP contribution is 2.19. The highest BCUT2D eigenvalue weighted by atomic mass is 32.2. The molecule has 1 aliphatic rings. The molecule has 18 heavy (non-hydrogen) atoms. The zero-order chi connectivity index (χ0) is 13.0. The first-order valence-electron chi connectivity index (χ1n) is 5.94. The molecule has 6 heteroatoms. The Morgan fingerprint density at radius 2 is 2.11 bits per heavy atom. The maximum absolute atomic E-state index is 12.1. The third kappa shape index (κ3) is 3.26. The van der Waals surface area contributed by atoms with Crippen molar-refractivity contribution in [1.82, 2.24) is 10.0 Å². The lowest BCUT2D eigenvalue weighted by Gasteiger charge is -2.07. The third-order valence-electron chi connectivity index (χ3n) is 2.94. The maximum atomic E-state index is 12.1. The molecule has 0 bridgehead atoms. The summed E-state index contributed by atoms with van der Waals surface area (Å²) < 4.78 is 26.8. The van der Waals surface area contributed by atoms with E-state index in [9.17, 15) is 8.42 Å². The summed E-state index contributed by atoms with van der Waals surface area (Å²) in [4.78, 5) is 0.370. The van der Waals surface area contributed by atoms with E-state index in [0.717, 1.165) is 30.8 Å². The molecule has 0 fully saturated rings. The Bertz CT molecular complexity index is 515. The summed E-state index contributed by atoms with van der Waals surface area (Å²) >= 11 is 1.72. The number of sulfonamides is 1. The van der Waals surface area contributed by atoms with E-state index < -0.39 is 10.0 Å². The lowest BCUT2D eigenvalue weighted by atomic mass is 10.1. The maximum Gasteiger partial charge on any atom is 0.240 e. The van der Waals surface area contributed by atoms with Crippen molar-refractivity contribution in [3.05, 3.63) is 29.3 Å². The van der Waals surface area contributed by atoms with Gasteiger partial charge < -0.3 is 5.32 Å². The fourth-order valence-electron chi connectivity index (χ4n) is 1.94. The largest absolute Gasteiger partial charge is 0.309 e. The van der Waals surface area contributed by atoms with Crippen molar-refractivity contribution in [2.45, 2.75) is 24.4 Å². The predicted molar refractivity (Wildman–Crippen MR) is 75.2 cm³/mol. The molecular formula is C12H18N2O2S2. The van der Waals surface area contributed by atoms with Gasteiger partial charge in [-0.25, -0.2) is 13.1 Å². The van der Waals surface area contributed by atoms with Gasteiger partial charge in [0.15, 0.2) is 0 Å². The molecule has 0 atom stereocenters. The molecule has 0 saturated carbocycles. The average molecular weight is 286 g/mol. The van der Waals surface area contributed by atoms with Crippen LogP contribution in [0.15, 0.2) is 23.1 Å². The zero-order valence-electron chi connectivity index (χ0n) is 10.4. The number of nitrogens with one attached hydrogen (secondary N) is 2. The van der Waals surface area contributed by atoms with E-state index in [2.05, 4.69) is 10.0 Å². The van der Waals surface area contributed by atoms with Gasteiger partial charge in [0.1, 0.15) is 0 Å². The number of rotatable bonds is 6. The molecule has 0 aliphatic carbocycles. The van der Waals surface area contributed by atoms with Crippen molar-refractivity contribution in [3.63, 3.8) is 0 Å². The van der Waals surface area contributed by atoms with Crippen LogP contribution in [-0.4, -0.2) is 27.0 Å². The number of fused-ring (bicyclic) bond motifs is 1. The van der Waals surface area contributed by atoms with Crippen molar-refractivity contribution in [2.24, 2.45) is 0 Å². The lowest BCUT2D eigenvalue weighted by molar-refractivity contribution is 0.581. The minimum absolute atomic E-state index is 0.370. The molecule has 0 unspecified atom stereocenters. The first kappa shape index (κ1) is 13.9. The summed E-state index contributed by atoms with van der Waals surface area (Å²) in [6, 6.07) is 5.35. The lowest BCUT2D eigenvalue weighted by Crippen LogP contribution is -2.25. The molecule has 1 aromatic rings. The van der Waals surface area contributed by atoms with Crippen LogP contribution in [-0.2, 0) is 23.1 Å². The minimum Gasteiger partial charge on any atom is -0.309 e. The highest BCUT2D eigenvalue weighted by molar-refractivity contribution is 7.98. The van der Waals surface area contributed by atoms with Crippen LogP contribution in [0, 0.1) is 0 Å². The minimum atomic E-state index is -3.35. The van der Waals surface area contributed by atoms with Crippen LogP contribution in [0.25, 0.3) is 0 Å². The van der Waals surface area contributed by atoms with Gasteiger partial charge >= 0.3 is 0 Å². The second-order valence-corrected chi connectivity index (χ2v) is 7.03. The Morgan fingerprint density at radius 3 is 2.89 bits per heavy atom. The van der Waals surface area contributed by atoms with E-state index in [1.165, 1.54) is 5.56 Å². The monoisotopic (exact) mass is 286 g/mol. The molecule has 0 radical (unpaired) electrons. The molecule has 2 rings (SSSR count). The summed E-state index contributed by atoms with van der Waals surface area (Å²) in [7, 11) is -3.35. The molecule has 100 valence electrons. The number of thioether (sulfide) groups is 1. The topological polar surface area (TPSA) is 58.2 Å². The summed E-state index contributed by atoms with van der Waals surface area (Å²) in [6.45, 7) is 2.08. The van der Waals surface area contributed by atoms with Crippen LogP contribution in [0.3, 0.4) is 0 Å². The fraction of sp³-hybridized carbons (Fsp3) is 0.500. The number of hydrogen-bond donors (Lipinski definition) is 2. The zero-order valence-corrected chi connectivity index (χ0v) is 12.0. The van der Waals surface area contributed by atoms with Gasteiger partial charge in [-0.2, -0.15) is 11.8 Å². The Labute approximate surface area is 113 Å². The SMILES string of the molecule is CSCCCNS(=O)(=O)c1ccc2c(c1)CNC2. The number of benzene rings is 1. The van der Waals surface area contributed by atoms with Crippen LogP contribution in [0.5, 0.6) is 0 Å². The molecular weight excluding hydrogens is 268 g/mol. The van der Waals surface area contributed by atoms with Gasteiger partial charge in [0, 0.05) is 19.6 Å². The summed E-state index contributed by atoms with van der Waals surface area (Å²) in [6.07, 6.45) is 2.87. The second kappa shape index (κ2) is 6.06. The van der Waals surface area contributed by atoms with E-state index in [1.807, 2.05) is 12.3 Å². The van der Waals surface area contributed by atoms with Crippen LogP contribution in [0.2, 0.25) is 0 Å². The Balaban J connectivity index is 2.05. The van der Waals surface area contributed by atoms with Gasteiger partial charge in [0.25, 0.3) is 0 Å². The Morgan fingerprint density at radius 1 is 1.33 bits per heavy atom. The molecule has 1 aliphatic heterocycles. The first-order valence-corrected chi connectivity index (χ1v) is 8.82. The van der Waals surface area contributed by atoms with Crippen LogP contribution >= 0.6 is 11.8 Å². The van der Waals surface area contributed by atoms with Gasteiger partial charge in [-0.05, 0) is 41.7 Å². The molecule has 2 N–H and O–H groups in total. The van der Waals surface area contributed by atoms with Gasteiger partial charge in [-0.15, -0.1) is 0 Å². The second-order valence-electron chi connectivity index (χ2n) is 4.28. The summed E-state index contributed by atoms with van der Waals surface area (Å²) in [5.74, 6) is 0.969. The van der Waals surface area contributed by atoms with E-state index in [4.69, 9.17) is 0 Å². The van der Waals surface area contributed by atoms with Crippen LogP contribution in [0.4, 0.5) is 0 Å². The van der Waals surface area contributed by atoms with Crippen molar-refractivity contribution in [3.8, 4) is 0 Å². The van der Waals surface area contributed by atoms with Gasteiger partial charge in [0.05, 0.1) is 4.90 Å². The fourth-order valence-corrected chi connectivity index (χ4v) is 3.50. The highest BCUT2D eigenvalue weighted by Gasteiger charge is 2.17. The molecule has 1 heterocycles. The van der Waals surface area contributed by atoms with E-state index >= 15 is 0 Å². The van der Waals surface area contributed by atoms with Gasteiger partial charge in [0.2, 0.25) is 10.0 Å². The molecule has 0 saturated heterocycles. The first-order chi connectivity index (χ1) is 8.63. The summed E-state index contributed by atoms with van der Waals surface area (Å²) in [5.41, 5.74) is 2.28. The molecule has 1 aromatic carbocycles. The van der Waals surface area contributed by atoms with Crippen molar-refractivity contribution in [2.75, 3.05) is 18.6 Å². The van der Waals surface area contributed by atoms with Gasteiger partial charge in [-0.1, -0.05) is 6.07 Å². The smallest absolute Gasteiger partial charge is 0.240 e. The standard InChI is InChI=1S/C12H18N2O2S2/c1-17-6-2-5-14-18(15,16)12-4-3-10-8-13-9-11(10)7-12/h3-4,7,13-14H,2,5-6,8-9H2,1H3. The van der Waals surface area contributed by atoms with Crippen LogP contribution in [0.1, 0.15) is 17.5 Å². The van der Waals surface area contributed by atoms with Crippen LogP contribution < -0.4 is 10.0 Å². The number of hydrogen-bond acceptors (Lipinski definition) is 4. The molecule has 0 aromatic heterocycles. The van der Waals surface area contributed by atoms with E-state index in [-0.39, 0.29) is 0 Å². The normalized spacial score (nSPS) is 14.7. The predicted octanol–water partition coefficient (Wildman–Crippen LogP) is 1.32. The summed E-state index contributed by atoms with van der Waals surface area (Å²) in [5, 5.41) is 3.21. The Hall–Kier alpha value is -0.560.